The van der Waals surface area contributed by atoms with Gasteiger partial charge in [0.25, 0.3) is 5.91 Å². The Labute approximate surface area is 221 Å². The van der Waals surface area contributed by atoms with Crippen LogP contribution in [0.25, 0.3) is 0 Å². The molecule has 2 aromatic rings. The number of halogens is 3. The van der Waals surface area contributed by atoms with Gasteiger partial charge in [0.15, 0.2) is 0 Å². The second-order valence-electron chi connectivity index (χ2n) is 10.4. The Morgan fingerprint density at radius 3 is 2.21 bits per heavy atom. The highest BCUT2D eigenvalue weighted by Crippen LogP contribution is 2.29. The number of nitrogens with one attached hydrogen (secondary N) is 3. The molecule has 2 aromatic carbocycles. The molecule has 11 heteroatoms. The second kappa shape index (κ2) is 12.3. The molecule has 8 nitrogen and oxygen atoms in total. The zero-order valence-corrected chi connectivity index (χ0v) is 22.5. The number of rotatable bonds is 10. The number of hydrogen-bond acceptors (Lipinski definition) is 5. The van der Waals surface area contributed by atoms with Gasteiger partial charge in [-0.15, -0.1) is 0 Å². The zero-order chi connectivity index (χ0) is 28.8. The summed E-state index contributed by atoms with van der Waals surface area (Å²) in [6.07, 6.45) is -4.61. The predicted octanol–water partition coefficient (Wildman–Crippen LogP) is 2.98. The minimum atomic E-state index is -4.61. The molecule has 0 spiro atoms. The van der Waals surface area contributed by atoms with Crippen LogP contribution in [0, 0.1) is 12.3 Å². The number of anilines is 1. The van der Waals surface area contributed by atoms with E-state index in [0.29, 0.717) is 12.6 Å². The summed E-state index contributed by atoms with van der Waals surface area (Å²) < 4.78 is 38.8. The topological polar surface area (TPSA) is 117 Å². The van der Waals surface area contributed by atoms with Gasteiger partial charge in [-0.1, -0.05) is 32.9 Å². The number of nitrogens with two attached hydrogens (primary N) is 1. The van der Waals surface area contributed by atoms with E-state index in [0.717, 1.165) is 28.9 Å². The first-order chi connectivity index (χ1) is 17.5. The number of aryl methyl sites for hydroxylation is 1. The van der Waals surface area contributed by atoms with Gasteiger partial charge >= 0.3 is 6.18 Å². The maximum atomic E-state index is 12.9. The van der Waals surface area contributed by atoms with Crippen molar-refractivity contribution in [2.45, 2.75) is 52.5 Å². The van der Waals surface area contributed by atoms with E-state index in [-0.39, 0.29) is 5.56 Å². The largest absolute Gasteiger partial charge is 0.416 e. The summed E-state index contributed by atoms with van der Waals surface area (Å²) in [5.74, 6) is -2.34. The Balaban J connectivity index is 2.10. The lowest BCUT2D eigenvalue weighted by molar-refractivity contribution is -0.137. The molecule has 0 saturated carbocycles. The normalized spacial score (nSPS) is 13.4. The van der Waals surface area contributed by atoms with Crippen LogP contribution in [0.4, 0.5) is 18.9 Å². The molecule has 0 aliphatic rings. The lowest BCUT2D eigenvalue weighted by atomic mass is 9.81. The summed E-state index contributed by atoms with van der Waals surface area (Å²) in [6.45, 7) is 7.52. The molecule has 208 valence electrons. The third-order valence-electron chi connectivity index (χ3n) is 6.11. The van der Waals surface area contributed by atoms with Crippen LogP contribution in [0.15, 0.2) is 42.5 Å². The molecule has 2 rings (SSSR count). The first kappa shape index (κ1) is 30.6. The Hall–Kier alpha value is -3.60. The highest BCUT2D eigenvalue weighted by molar-refractivity contribution is 5.97. The minimum absolute atomic E-state index is 0.246. The van der Waals surface area contributed by atoms with Crippen LogP contribution in [0.1, 0.15) is 47.8 Å². The Morgan fingerprint density at radius 2 is 1.68 bits per heavy atom. The van der Waals surface area contributed by atoms with Gasteiger partial charge in [0.05, 0.1) is 12.1 Å². The van der Waals surface area contributed by atoms with Crippen molar-refractivity contribution < 1.29 is 27.6 Å². The Kier molecular flexibility index (Phi) is 9.91. The molecule has 3 amide bonds. The van der Waals surface area contributed by atoms with E-state index >= 15 is 0 Å². The molecule has 0 heterocycles. The Bertz CT molecular complexity index is 1160. The van der Waals surface area contributed by atoms with Crippen LogP contribution >= 0.6 is 0 Å². The first-order valence-corrected chi connectivity index (χ1v) is 12.0. The summed E-state index contributed by atoms with van der Waals surface area (Å²) in [7, 11) is 3.90. The molecule has 2 atom stereocenters. The second-order valence-corrected chi connectivity index (χ2v) is 10.4. The molecule has 0 bridgehead atoms. The van der Waals surface area contributed by atoms with Crippen LogP contribution in [0.5, 0.6) is 0 Å². The number of alkyl halides is 3. The number of amides is 3. The highest BCUT2D eigenvalue weighted by Gasteiger charge is 2.36. The summed E-state index contributed by atoms with van der Waals surface area (Å²) in [5, 5.41) is 8.19. The number of nitrogens with zero attached hydrogens (tertiary/aromatic N) is 1. The number of benzene rings is 2. The fourth-order valence-electron chi connectivity index (χ4n) is 3.94. The third kappa shape index (κ3) is 8.47. The molecule has 0 fully saturated rings. The van der Waals surface area contributed by atoms with Crippen molar-refractivity contribution in [1.82, 2.24) is 16.0 Å². The standard InChI is InChI=1S/C27H36F3N5O3/c1-16-12-20(35(5)6)11-10-18(16)14-32-23(26(2,3)4)22(24(31)37)34-21(36)15-33-25(38)17-8-7-9-19(13-17)27(28,29)30/h7-13,22-23,32H,14-15H2,1-6H3,(H2,31,37)(H,33,38)(H,34,36). The van der Waals surface area contributed by atoms with Crippen molar-refractivity contribution in [3.63, 3.8) is 0 Å². The van der Waals surface area contributed by atoms with E-state index in [1.165, 1.54) is 6.07 Å². The minimum Gasteiger partial charge on any atom is -0.378 e. The quantitative estimate of drug-likeness (QED) is 0.373. The third-order valence-corrected chi connectivity index (χ3v) is 6.11. The molecular formula is C27H36F3N5O3. The lowest BCUT2D eigenvalue weighted by Crippen LogP contribution is -2.61. The maximum absolute atomic E-state index is 12.9. The molecule has 0 saturated heterocycles. The summed E-state index contributed by atoms with van der Waals surface area (Å²) in [6, 6.07) is 8.19. The van der Waals surface area contributed by atoms with Crippen LogP contribution in [0.3, 0.4) is 0 Å². The van der Waals surface area contributed by atoms with E-state index in [1.807, 2.05) is 64.9 Å². The van der Waals surface area contributed by atoms with Crippen molar-refractivity contribution in [1.29, 1.82) is 0 Å². The van der Waals surface area contributed by atoms with Gasteiger partial charge < -0.3 is 26.6 Å². The summed E-state index contributed by atoms with van der Waals surface area (Å²) >= 11 is 0. The summed E-state index contributed by atoms with van der Waals surface area (Å²) in [5.41, 5.74) is 7.02. The number of hydrogen-bond donors (Lipinski definition) is 4. The zero-order valence-electron chi connectivity index (χ0n) is 22.5. The lowest BCUT2D eigenvalue weighted by Gasteiger charge is -2.37. The fraction of sp³-hybridized carbons (Fsp3) is 0.444. The Morgan fingerprint density at radius 1 is 1.03 bits per heavy atom. The van der Waals surface area contributed by atoms with Gasteiger partial charge in [-0.05, 0) is 53.8 Å². The van der Waals surface area contributed by atoms with Crippen LogP contribution in [-0.2, 0) is 22.3 Å². The van der Waals surface area contributed by atoms with Gasteiger partial charge in [-0.2, -0.15) is 13.2 Å². The summed E-state index contributed by atoms with van der Waals surface area (Å²) in [4.78, 5) is 39.3. The van der Waals surface area contributed by atoms with Gasteiger partial charge in [0.1, 0.15) is 6.04 Å². The molecule has 0 aliphatic heterocycles. The smallest absolute Gasteiger partial charge is 0.378 e. The average Bonchev–Trinajstić information content (AvgIpc) is 2.81. The average molecular weight is 536 g/mol. The first-order valence-electron chi connectivity index (χ1n) is 12.0. The predicted molar refractivity (Wildman–Crippen MR) is 140 cm³/mol. The van der Waals surface area contributed by atoms with Crippen molar-refractivity contribution in [3.05, 3.63) is 64.7 Å². The number of carbonyl (C=O) groups is 3. The van der Waals surface area contributed by atoms with Gasteiger partial charge in [-0.25, -0.2) is 0 Å². The maximum Gasteiger partial charge on any atom is 0.416 e. The van der Waals surface area contributed by atoms with Gasteiger partial charge in [0.2, 0.25) is 11.8 Å². The van der Waals surface area contributed by atoms with Gasteiger partial charge in [-0.3, -0.25) is 14.4 Å². The van der Waals surface area contributed by atoms with Crippen molar-refractivity contribution in [2.75, 3.05) is 25.5 Å². The highest BCUT2D eigenvalue weighted by atomic mass is 19.4. The van der Waals surface area contributed by atoms with Gasteiger partial charge in [0, 0.05) is 37.9 Å². The molecule has 5 N–H and O–H groups in total. The van der Waals surface area contributed by atoms with Crippen molar-refractivity contribution in [2.24, 2.45) is 11.1 Å². The molecule has 0 aliphatic carbocycles. The number of carbonyl (C=O) groups excluding carboxylic acids is 3. The SMILES string of the molecule is Cc1cc(N(C)C)ccc1CNC(C(NC(=O)CNC(=O)c1cccc(C(F)(F)F)c1)C(N)=O)C(C)(C)C. The molecular weight excluding hydrogens is 499 g/mol. The van der Waals surface area contributed by atoms with Crippen LogP contribution in [-0.4, -0.2) is 50.4 Å². The molecule has 38 heavy (non-hydrogen) atoms. The van der Waals surface area contributed by atoms with E-state index < -0.39 is 53.5 Å². The fourth-order valence-corrected chi connectivity index (χ4v) is 3.94. The van der Waals surface area contributed by atoms with Crippen molar-refractivity contribution >= 4 is 23.4 Å². The molecule has 2 unspecified atom stereocenters. The van der Waals surface area contributed by atoms with Crippen LogP contribution in [0.2, 0.25) is 0 Å². The number of primary amides is 1. The van der Waals surface area contributed by atoms with Crippen LogP contribution < -0.4 is 26.6 Å². The molecule has 0 radical (unpaired) electrons. The van der Waals surface area contributed by atoms with E-state index in [1.54, 1.807) is 0 Å². The van der Waals surface area contributed by atoms with Crippen molar-refractivity contribution in [3.8, 4) is 0 Å². The monoisotopic (exact) mass is 535 g/mol. The van der Waals surface area contributed by atoms with E-state index in [4.69, 9.17) is 5.73 Å². The van der Waals surface area contributed by atoms with E-state index in [2.05, 4.69) is 16.0 Å². The molecule has 0 aromatic heterocycles. The van der Waals surface area contributed by atoms with E-state index in [9.17, 15) is 27.6 Å².